The van der Waals surface area contributed by atoms with Gasteiger partial charge in [-0.3, -0.25) is 14.5 Å². The number of para-hydroxylation sites is 2. The number of urea groups is 1. The number of aliphatic hydroxyl groups is 1. The Morgan fingerprint density at radius 2 is 1.86 bits per heavy atom. The van der Waals surface area contributed by atoms with Crippen LogP contribution < -0.4 is 26.0 Å². The molecule has 1 aromatic rings. The highest BCUT2D eigenvalue weighted by atomic mass is 16.4. The van der Waals surface area contributed by atoms with Gasteiger partial charge in [0.25, 0.3) is 0 Å². The maximum absolute atomic E-state index is 12.8. The molecule has 158 valence electrons. The van der Waals surface area contributed by atoms with Crippen LogP contribution in [-0.2, 0) is 14.4 Å². The summed E-state index contributed by atoms with van der Waals surface area (Å²) < 4.78 is 0. The van der Waals surface area contributed by atoms with Gasteiger partial charge in [-0.15, -0.1) is 0 Å². The van der Waals surface area contributed by atoms with Crippen LogP contribution in [0.15, 0.2) is 24.3 Å². The Morgan fingerprint density at radius 1 is 1.21 bits per heavy atom. The minimum absolute atomic E-state index is 0.00376. The fraction of sp³-hybridized carbons (Fsp3) is 0.474. The molecule has 0 radical (unpaired) electrons. The highest BCUT2D eigenvalue weighted by Gasteiger charge is 2.31. The molecule has 10 nitrogen and oxygen atoms in total. The van der Waals surface area contributed by atoms with Crippen molar-refractivity contribution in [2.24, 2.45) is 5.92 Å². The molecule has 0 aromatic heterocycles. The summed E-state index contributed by atoms with van der Waals surface area (Å²) >= 11 is 0. The van der Waals surface area contributed by atoms with Crippen LogP contribution in [0.4, 0.5) is 16.2 Å². The van der Waals surface area contributed by atoms with Gasteiger partial charge in [0, 0.05) is 0 Å². The molecule has 1 aromatic carbocycles. The molecule has 4 N–H and O–H groups in total. The summed E-state index contributed by atoms with van der Waals surface area (Å²) in [5.74, 6) is -2.78. The molecule has 0 saturated carbocycles. The largest absolute Gasteiger partial charge is 0.548 e. The van der Waals surface area contributed by atoms with Gasteiger partial charge in [0.15, 0.2) is 0 Å². The van der Waals surface area contributed by atoms with Crippen LogP contribution in [0.1, 0.15) is 27.2 Å². The lowest BCUT2D eigenvalue weighted by atomic mass is 10.0. The lowest BCUT2D eigenvalue weighted by Crippen LogP contribution is -2.59. The van der Waals surface area contributed by atoms with E-state index >= 15 is 0 Å². The fourth-order valence-corrected chi connectivity index (χ4v) is 2.97. The number of aliphatic hydroxyl groups excluding tert-OH is 1. The molecular formula is C19H25N4O6-. The van der Waals surface area contributed by atoms with Gasteiger partial charge < -0.3 is 31.0 Å². The number of nitrogens with one attached hydrogen (secondary N) is 3. The van der Waals surface area contributed by atoms with Crippen molar-refractivity contribution in [3.05, 3.63) is 24.3 Å². The van der Waals surface area contributed by atoms with Crippen LogP contribution in [0.3, 0.4) is 0 Å². The molecular weight excluding hydrogens is 380 g/mol. The molecule has 4 amide bonds. The van der Waals surface area contributed by atoms with E-state index in [4.69, 9.17) is 0 Å². The molecule has 0 spiro atoms. The van der Waals surface area contributed by atoms with Gasteiger partial charge in [0.05, 0.1) is 29.5 Å². The van der Waals surface area contributed by atoms with E-state index < -0.39 is 36.1 Å². The van der Waals surface area contributed by atoms with Gasteiger partial charge >= 0.3 is 6.03 Å². The number of nitrogens with zero attached hydrogens (tertiary/aromatic N) is 1. The van der Waals surface area contributed by atoms with Crippen LogP contribution in [0.2, 0.25) is 0 Å². The van der Waals surface area contributed by atoms with Crippen molar-refractivity contribution in [1.82, 2.24) is 10.6 Å². The zero-order valence-electron chi connectivity index (χ0n) is 16.5. The Kier molecular flexibility index (Phi) is 7.16. The number of carbonyl (C=O) groups is 4. The summed E-state index contributed by atoms with van der Waals surface area (Å²) in [5.41, 5.74) is 0.944. The number of hydrogen-bond acceptors (Lipinski definition) is 6. The maximum Gasteiger partial charge on any atom is 0.323 e. The van der Waals surface area contributed by atoms with E-state index in [0.717, 1.165) is 0 Å². The summed E-state index contributed by atoms with van der Waals surface area (Å²) in [6, 6.07) is 3.38. The first-order valence-corrected chi connectivity index (χ1v) is 9.26. The standard InChI is InChI=1S/C19H26N4O6/c1-10(2)8-13(17(26)22-16(11(3)24)18(27)28)21-19(29)23-9-15(25)20-12-6-4-5-7-14(12)23/h4-7,10-11,13,16,24H,8-9H2,1-3H3,(H,20,25)(H,21,29)(H,22,26)(H,27,28)/p-1/t11-,13-,16-/m0/s1. The smallest absolute Gasteiger partial charge is 0.323 e. The number of anilines is 2. The summed E-state index contributed by atoms with van der Waals surface area (Å²) in [6.07, 6.45) is -1.16. The van der Waals surface area contributed by atoms with Crippen molar-refractivity contribution in [3.8, 4) is 0 Å². The molecule has 10 heteroatoms. The first-order valence-electron chi connectivity index (χ1n) is 9.26. The lowest BCUT2D eigenvalue weighted by molar-refractivity contribution is -0.310. The second kappa shape index (κ2) is 9.37. The normalized spacial score (nSPS) is 16.3. The van der Waals surface area contributed by atoms with Crippen LogP contribution in [-0.4, -0.2) is 53.7 Å². The number of hydrogen-bond donors (Lipinski definition) is 4. The van der Waals surface area contributed by atoms with Crippen molar-refractivity contribution in [2.45, 2.75) is 45.4 Å². The van der Waals surface area contributed by atoms with E-state index in [0.29, 0.717) is 11.4 Å². The Bertz CT molecular complexity index is 795. The van der Waals surface area contributed by atoms with E-state index in [1.54, 1.807) is 24.3 Å². The molecule has 1 heterocycles. The monoisotopic (exact) mass is 405 g/mol. The molecule has 0 bridgehead atoms. The van der Waals surface area contributed by atoms with E-state index in [2.05, 4.69) is 16.0 Å². The molecule has 29 heavy (non-hydrogen) atoms. The molecule has 0 aliphatic carbocycles. The zero-order chi connectivity index (χ0) is 21.7. The number of fused-ring (bicyclic) bond motifs is 1. The first-order chi connectivity index (χ1) is 13.6. The average Bonchev–Trinajstić information content (AvgIpc) is 2.63. The third-order valence-corrected chi connectivity index (χ3v) is 4.37. The van der Waals surface area contributed by atoms with Gasteiger partial charge in [0.2, 0.25) is 11.8 Å². The highest BCUT2D eigenvalue weighted by Crippen LogP contribution is 2.28. The molecule has 3 atom stereocenters. The Hall–Kier alpha value is -3.14. The average molecular weight is 405 g/mol. The molecule has 1 aliphatic heterocycles. The van der Waals surface area contributed by atoms with Crippen LogP contribution in [0, 0.1) is 5.92 Å². The Balaban J connectivity index is 2.19. The number of rotatable bonds is 7. The summed E-state index contributed by atoms with van der Waals surface area (Å²) in [5, 5.41) is 28.1. The first kappa shape index (κ1) is 22.2. The van der Waals surface area contributed by atoms with Gasteiger partial charge in [-0.2, -0.15) is 0 Å². The van der Waals surface area contributed by atoms with Gasteiger partial charge in [-0.1, -0.05) is 26.0 Å². The van der Waals surface area contributed by atoms with Gasteiger partial charge in [0.1, 0.15) is 12.6 Å². The van der Waals surface area contributed by atoms with Crippen LogP contribution in [0.25, 0.3) is 0 Å². The minimum atomic E-state index is -1.63. The van der Waals surface area contributed by atoms with Crippen molar-refractivity contribution in [2.75, 3.05) is 16.8 Å². The van der Waals surface area contributed by atoms with Crippen molar-refractivity contribution in [1.29, 1.82) is 0 Å². The SMILES string of the molecule is CC(C)C[C@H](NC(=O)N1CC(=O)Nc2ccccc21)C(=O)N[C@H](C(=O)[O-])[C@H](C)O. The number of aliphatic carboxylic acids is 1. The fourth-order valence-electron chi connectivity index (χ4n) is 2.97. The van der Waals surface area contributed by atoms with E-state index in [1.807, 2.05) is 13.8 Å². The van der Waals surface area contributed by atoms with Crippen LogP contribution in [0.5, 0.6) is 0 Å². The topological polar surface area (TPSA) is 151 Å². The number of amides is 4. The minimum Gasteiger partial charge on any atom is -0.548 e. The number of benzene rings is 1. The summed E-state index contributed by atoms with van der Waals surface area (Å²) in [4.78, 5) is 49.7. The number of carboxylic acids is 1. The number of carboxylic acid groups (broad SMARTS) is 1. The molecule has 0 saturated heterocycles. The second-order valence-corrected chi connectivity index (χ2v) is 7.33. The van der Waals surface area contributed by atoms with Crippen LogP contribution >= 0.6 is 0 Å². The summed E-state index contributed by atoms with van der Waals surface area (Å²) in [7, 11) is 0. The molecule has 1 aliphatic rings. The quantitative estimate of drug-likeness (QED) is 0.466. The third-order valence-electron chi connectivity index (χ3n) is 4.37. The molecule has 0 unspecified atom stereocenters. The number of carbonyl (C=O) groups excluding carboxylic acids is 4. The lowest BCUT2D eigenvalue weighted by Gasteiger charge is -2.31. The van der Waals surface area contributed by atoms with E-state index in [9.17, 15) is 29.4 Å². The van der Waals surface area contributed by atoms with Crippen molar-refractivity contribution >= 4 is 35.2 Å². The van der Waals surface area contributed by atoms with Gasteiger partial charge in [-0.05, 0) is 31.4 Å². The van der Waals surface area contributed by atoms with Crippen molar-refractivity contribution < 1.29 is 29.4 Å². The van der Waals surface area contributed by atoms with Gasteiger partial charge in [-0.25, -0.2) is 4.79 Å². The Labute approximate surface area is 168 Å². The maximum atomic E-state index is 12.8. The Morgan fingerprint density at radius 3 is 2.45 bits per heavy atom. The predicted molar refractivity (Wildman–Crippen MR) is 103 cm³/mol. The predicted octanol–water partition coefficient (Wildman–Crippen LogP) is -0.815. The second-order valence-electron chi connectivity index (χ2n) is 7.33. The highest BCUT2D eigenvalue weighted by molar-refractivity contribution is 6.10. The summed E-state index contributed by atoms with van der Waals surface area (Å²) in [6.45, 7) is 4.65. The van der Waals surface area contributed by atoms with E-state index in [1.165, 1.54) is 11.8 Å². The molecule has 2 rings (SSSR count). The zero-order valence-corrected chi connectivity index (χ0v) is 16.5. The van der Waals surface area contributed by atoms with Crippen molar-refractivity contribution in [3.63, 3.8) is 0 Å². The van der Waals surface area contributed by atoms with E-state index in [-0.39, 0.29) is 24.8 Å². The third kappa shape index (κ3) is 5.67. The molecule has 0 fully saturated rings.